The largest absolute Gasteiger partial charge is 0.340 e. The first-order valence-electron chi connectivity index (χ1n) is 8.39. The third kappa shape index (κ3) is 3.92. The number of nitrogens with zero attached hydrogens (tertiary/aromatic N) is 4. The average Bonchev–Trinajstić information content (AvgIpc) is 3.04. The van der Waals surface area contributed by atoms with Crippen molar-refractivity contribution in [1.82, 2.24) is 20.1 Å². The van der Waals surface area contributed by atoms with Gasteiger partial charge in [-0.15, -0.1) is 5.92 Å². The standard InChI is InChI=1S/C18H23N5O/c1-2-3-9-23-14-16(12-17(24)15-5-4-6-20-13-15)21-18(23)22-10-7-19-8-11-22/h4-6,13,16,19H,7-12,14H2,1H3. The predicted molar refractivity (Wildman–Crippen MR) is 93.9 cm³/mol. The number of hydrogen-bond acceptors (Lipinski definition) is 6. The topological polar surface area (TPSA) is 60.8 Å². The minimum Gasteiger partial charge on any atom is -0.340 e. The van der Waals surface area contributed by atoms with Crippen LogP contribution in [0.15, 0.2) is 29.5 Å². The van der Waals surface area contributed by atoms with Crippen molar-refractivity contribution >= 4 is 11.7 Å². The lowest BCUT2D eigenvalue weighted by atomic mass is 10.1. The molecule has 0 spiro atoms. The van der Waals surface area contributed by atoms with Gasteiger partial charge in [-0.1, -0.05) is 5.92 Å². The molecule has 2 aliphatic rings. The number of pyridine rings is 1. The zero-order chi connectivity index (χ0) is 16.8. The monoisotopic (exact) mass is 325 g/mol. The van der Waals surface area contributed by atoms with Crippen molar-refractivity contribution in [2.45, 2.75) is 19.4 Å². The molecule has 0 aromatic carbocycles. The maximum atomic E-state index is 12.4. The third-order valence-electron chi connectivity index (χ3n) is 4.26. The molecule has 0 saturated carbocycles. The second-order valence-corrected chi connectivity index (χ2v) is 6.00. The van der Waals surface area contributed by atoms with Crippen LogP contribution < -0.4 is 5.32 Å². The quantitative estimate of drug-likeness (QED) is 0.650. The number of aromatic nitrogens is 1. The number of guanidine groups is 1. The van der Waals surface area contributed by atoms with Crippen LogP contribution in [0, 0.1) is 11.8 Å². The van der Waals surface area contributed by atoms with Gasteiger partial charge in [0.2, 0.25) is 0 Å². The van der Waals surface area contributed by atoms with E-state index < -0.39 is 0 Å². The Morgan fingerprint density at radius 2 is 2.25 bits per heavy atom. The zero-order valence-electron chi connectivity index (χ0n) is 14.0. The lowest BCUT2D eigenvalue weighted by Crippen LogP contribution is -2.51. The number of hydrogen-bond donors (Lipinski definition) is 1. The molecule has 0 radical (unpaired) electrons. The molecule has 0 amide bonds. The molecule has 0 bridgehead atoms. The molecule has 1 aromatic rings. The SMILES string of the molecule is CC#CCN1CC(CC(=O)c2cccnc2)N=C1N1CCNCC1. The highest BCUT2D eigenvalue weighted by molar-refractivity contribution is 5.96. The van der Waals surface area contributed by atoms with E-state index >= 15 is 0 Å². The van der Waals surface area contributed by atoms with Crippen LogP contribution in [0.1, 0.15) is 23.7 Å². The summed E-state index contributed by atoms with van der Waals surface area (Å²) in [6, 6.07) is 3.59. The second-order valence-electron chi connectivity index (χ2n) is 6.00. The molecule has 1 aromatic heterocycles. The van der Waals surface area contributed by atoms with Crippen LogP contribution in [-0.2, 0) is 0 Å². The van der Waals surface area contributed by atoms with Crippen LogP contribution in [0.3, 0.4) is 0 Å². The van der Waals surface area contributed by atoms with Crippen LogP contribution in [0.2, 0.25) is 0 Å². The lowest BCUT2D eigenvalue weighted by Gasteiger charge is -2.33. The van der Waals surface area contributed by atoms with Crippen molar-refractivity contribution in [3.05, 3.63) is 30.1 Å². The molecule has 24 heavy (non-hydrogen) atoms. The van der Waals surface area contributed by atoms with Crippen LogP contribution >= 0.6 is 0 Å². The Morgan fingerprint density at radius 1 is 1.42 bits per heavy atom. The Bertz CT molecular complexity index is 655. The van der Waals surface area contributed by atoms with Gasteiger partial charge in [-0.25, -0.2) is 4.99 Å². The summed E-state index contributed by atoms with van der Waals surface area (Å²) in [7, 11) is 0. The van der Waals surface area contributed by atoms with Crippen LogP contribution in [-0.4, -0.2) is 71.8 Å². The van der Waals surface area contributed by atoms with E-state index in [2.05, 4.69) is 31.9 Å². The van der Waals surface area contributed by atoms with Crippen molar-refractivity contribution in [1.29, 1.82) is 0 Å². The number of rotatable bonds is 4. The lowest BCUT2D eigenvalue weighted by molar-refractivity contribution is 0.0973. The van der Waals surface area contributed by atoms with E-state index in [-0.39, 0.29) is 11.8 Å². The van der Waals surface area contributed by atoms with Crippen molar-refractivity contribution in [3.8, 4) is 11.8 Å². The number of nitrogens with one attached hydrogen (secondary N) is 1. The summed E-state index contributed by atoms with van der Waals surface area (Å²) in [5.74, 6) is 7.16. The van der Waals surface area contributed by atoms with Gasteiger partial charge < -0.3 is 15.1 Å². The van der Waals surface area contributed by atoms with Gasteiger partial charge in [-0.2, -0.15) is 0 Å². The van der Waals surface area contributed by atoms with E-state index in [1.54, 1.807) is 18.5 Å². The average molecular weight is 325 g/mol. The number of Topliss-reactive ketones (excluding diaryl/α,β-unsaturated/α-hetero) is 1. The second kappa shape index (κ2) is 7.93. The van der Waals surface area contributed by atoms with E-state index in [4.69, 9.17) is 4.99 Å². The molecule has 1 N–H and O–H groups in total. The van der Waals surface area contributed by atoms with E-state index in [1.165, 1.54) is 0 Å². The molecule has 3 rings (SSSR count). The molecular formula is C18H23N5O. The van der Waals surface area contributed by atoms with E-state index in [9.17, 15) is 4.79 Å². The van der Waals surface area contributed by atoms with Gasteiger partial charge in [0.1, 0.15) is 0 Å². The summed E-state index contributed by atoms with van der Waals surface area (Å²) in [5, 5.41) is 3.36. The molecule has 1 unspecified atom stereocenters. The first-order chi connectivity index (χ1) is 11.8. The fraction of sp³-hybridized carbons (Fsp3) is 0.500. The Labute approximate surface area is 143 Å². The Balaban J connectivity index is 1.70. The van der Waals surface area contributed by atoms with Gasteiger partial charge in [-0.3, -0.25) is 9.78 Å². The highest BCUT2D eigenvalue weighted by atomic mass is 16.1. The minimum atomic E-state index is -0.0127. The Hall–Kier alpha value is -2.39. The molecule has 2 aliphatic heterocycles. The molecule has 126 valence electrons. The smallest absolute Gasteiger partial charge is 0.197 e. The molecule has 1 atom stereocenters. The van der Waals surface area contributed by atoms with Gasteiger partial charge in [0.05, 0.1) is 12.6 Å². The molecule has 6 nitrogen and oxygen atoms in total. The maximum absolute atomic E-state index is 12.4. The number of carbonyl (C=O) groups is 1. The molecular weight excluding hydrogens is 302 g/mol. The van der Waals surface area contributed by atoms with Crippen molar-refractivity contribution < 1.29 is 4.79 Å². The van der Waals surface area contributed by atoms with Gasteiger partial charge in [0.25, 0.3) is 0 Å². The summed E-state index contributed by atoms with van der Waals surface area (Å²) in [5.41, 5.74) is 0.656. The molecule has 6 heteroatoms. The summed E-state index contributed by atoms with van der Waals surface area (Å²) in [6.07, 6.45) is 3.72. The van der Waals surface area contributed by atoms with E-state index in [0.717, 1.165) is 38.7 Å². The maximum Gasteiger partial charge on any atom is 0.197 e. The molecule has 1 saturated heterocycles. The molecule has 3 heterocycles. The first kappa shape index (κ1) is 16.5. The fourth-order valence-electron chi connectivity index (χ4n) is 3.05. The van der Waals surface area contributed by atoms with E-state index in [1.807, 2.05) is 13.0 Å². The normalized spacial score (nSPS) is 20.4. The summed E-state index contributed by atoms with van der Waals surface area (Å²) in [4.78, 5) is 25.8. The van der Waals surface area contributed by atoms with Gasteiger partial charge in [0, 0.05) is 57.1 Å². The number of aliphatic imine (C=N–C) groups is 1. The predicted octanol–water partition coefficient (Wildman–Crippen LogP) is 0.623. The number of carbonyl (C=O) groups excluding carboxylic acids is 1. The first-order valence-corrected chi connectivity index (χ1v) is 8.39. The summed E-state index contributed by atoms with van der Waals surface area (Å²) in [6.45, 7) is 7.07. The number of piperazine rings is 1. The van der Waals surface area contributed by atoms with Crippen LogP contribution in [0.4, 0.5) is 0 Å². The van der Waals surface area contributed by atoms with E-state index in [0.29, 0.717) is 18.5 Å². The Morgan fingerprint density at radius 3 is 2.96 bits per heavy atom. The Kier molecular flexibility index (Phi) is 5.44. The molecule has 1 fully saturated rings. The fourth-order valence-corrected chi connectivity index (χ4v) is 3.05. The highest BCUT2D eigenvalue weighted by Crippen LogP contribution is 2.17. The van der Waals surface area contributed by atoms with Gasteiger partial charge in [0.15, 0.2) is 11.7 Å². The molecule has 0 aliphatic carbocycles. The minimum absolute atomic E-state index is 0.0127. The zero-order valence-corrected chi connectivity index (χ0v) is 14.0. The van der Waals surface area contributed by atoms with Gasteiger partial charge >= 0.3 is 0 Å². The number of ketones is 1. The van der Waals surface area contributed by atoms with Crippen molar-refractivity contribution in [2.24, 2.45) is 4.99 Å². The van der Waals surface area contributed by atoms with Crippen molar-refractivity contribution in [2.75, 3.05) is 39.3 Å². The van der Waals surface area contributed by atoms with Crippen molar-refractivity contribution in [3.63, 3.8) is 0 Å². The third-order valence-corrected chi connectivity index (χ3v) is 4.26. The van der Waals surface area contributed by atoms with Crippen LogP contribution in [0.5, 0.6) is 0 Å². The van der Waals surface area contributed by atoms with Gasteiger partial charge in [-0.05, 0) is 19.1 Å². The van der Waals surface area contributed by atoms with Crippen LogP contribution in [0.25, 0.3) is 0 Å². The summed E-state index contributed by atoms with van der Waals surface area (Å²) >= 11 is 0. The highest BCUT2D eigenvalue weighted by Gasteiger charge is 2.30. The summed E-state index contributed by atoms with van der Waals surface area (Å²) < 4.78 is 0.